The van der Waals surface area contributed by atoms with Gasteiger partial charge in [-0.1, -0.05) is 23.2 Å². The number of nitrogens with zero attached hydrogens (tertiary/aromatic N) is 1. The second-order valence-corrected chi connectivity index (χ2v) is 6.54. The third-order valence-electron chi connectivity index (χ3n) is 4.21. The fraction of sp³-hybridized carbons (Fsp3) is 0.533. The second kappa shape index (κ2) is 7.04. The molecule has 0 aliphatic carbocycles. The quantitative estimate of drug-likeness (QED) is 0.879. The summed E-state index contributed by atoms with van der Waals surface area (Å²) in [5, 5.41) is 13.2. The standard InChI is InChI=1S/C15H20Cl2N2O3/c1-19(2)15(3-5-22-6-4-15)9-18-14(21)13-11(17)7-10(16)8-12(13)20/h7-8,20H,3-6,9H2,1-2H3,(H,18,21). The van der Waals surface area contributed by atoms with Crippen molar-refractivity contribution in [2.24, 2.45) is 0 Å². The van der Waals surface area contributed by atoms with Crippen molar-refractivity contribution in [1.82, 2.24) is 10.2 Å². The van der Waals surface area contributed by atoms with E-state index in [1.54, 1.807) is 0 Å². The van der Waals surface area contributed by atoms with Crippen LogP contribution in [0.4, 0.5) is 0 Å². The van der Waals surface area contributed by atoms with Gasteiger partial charge in [-0.2, -0.15) is 0 Å². The fourth-order valence-electron chi connectivity index (χ4n) is 2.65. The van der Waals surface area contributed by atoms with E-state index >= 15 is 0 Å². The zero-order valence-electron chi connectivity index (χ0n) is 12.7. The Hall–Kier alpha value is -1.01. The van der Waals surface area contributed by atoms with E-state index in [-0.39, 0.29) is 26.9 Å². The molecule has 1 fully saturated rings. The van der Waals surface area contributed by atoms with Gasteiger partial charge in [-0.15, -0.1) is 0 Å². The van der Waals surface area contributed by atoms with E-state index in [0.29, 0.717) is 19.8 Å². The third-order valence-corrected chi connectivity index (χ3v) is 4.73. The number of carbonyl (C=O) groups excluding carboxylic acids is 1. The minimum Gasteiger partial charge on any atom is -0.507 e. The zero-order chi connectivity index (χ0) is 16.3. The molecular formula is C15H20Cl2N2O3. The summed E-state index contributed by atoms with van der Waals surface area (Å²) >= 11 is 11.8. The van der Waals surface area contributed by atoms with Crippen LogP contribution >= 0.6 is 23.2 Å². The molecule has 2 rings (SSSR count). The molecule has 1 amide bonds. The maximum absolute atomic E-state index is 12.4. The predicted molar refractivity (Wildman–Crippen MR) is 86.9 cm³/mol. The first-order chi connectivity index (χ1) is 10.4. The highest BCUT2D eigenvalue weighted by atomic mass is 35.5. The van der Waals surface area contributed by atoms with Crippen molar-refractivity contribution in [3.8, 4) is 5.75 Å². The molecule has 1 aromatic rings. The Kier molecular flexibility index (Phi) is 5.55. The first-order valence-electron chi connectivity index (χ1n) is 7.07. The number of aromatic hydroxyl groups is 1. The van der Waals surface area contributed by atoms with Gasteiger partial charge in [0.2, 0.25) is 0 Å². The molecule has 2 N–H and O–H groups in total. The molecule has 7 heteroatoms. The predicted octanol–water partition coefficient (Wildman–Crippen LogP) is 2.54. The van der Waals surface area contributed by atoms with Crippen LogP contribution in [0.15, 0.2) is 12.1 Å². The number of rotatable bonds is 4. The summed E-state index contributed by atoms with van der Waals surface area (Å²) in [6.07, 6.45) is 1.67. The van der Waals surface area contributed by atoms with E-state index in [4.69, 9.17) is 27.9 Å². The molecule has 1 aromatic carbocycles. The average Bonchev–Trinajstić information content (AvgIpc) is 2.45. The van der Waals surface area contributed by atoms with Crippen LogP contribution in [0.5, 0.6) is 5.75 Å². The maximum atomic E-state index is 12.4. The van der Waals surface area contributed by atoms with Crippen molar-refractivity contribution in [3.05, 3.63) is 27.7 Å². The molecule has 0 unspecified atom stereocenters. The van der Waals surface area contributed by atoms with Gasteiger partial charge in [0, 0.05) is 30.3 Å². The van der Waals surface area contributed by atoms with Crippen LogP contribution < -0.4 is 5.32 Å². The summed E-state index contributed by atoms with van der Waals surface area (Å²) in [5.74, 6) is -0.632. The van der Waals surface area contributed by atoms with E-state index in [0.717, 1.165) is 12.8 Å². The maximum Gasteiger partial charge on any atom is 0.256 e. The summed E-state index contributed by atoms with van der Waals surface area (Å²) in [7, 11) is 3.98. The van der Waals surface area contributed by atoms with Gasteiger partial charge in [0.1, 0.15) is 5.75 Å². The van der Waals surface area contributed by atoms with Crippen LogP contribution in [-0.2, 0) is 4.74 Å². The number of phenols is 1. The van der Waals surface area contributed by atoms with Crippen LogP contribution in [0.2, 0.25) is 10.0 Å². The van der Waals surface area contributed by atoms with Crippen molar-refractivity contribution in [1.29, 1.82) is 0 Å². The Balaban J connectivity index is 2.12. The highest BCUT2D eigenvalue weighted by molar-refractivity contribution is 6.37. The molecular weight excluding hydrogens is 327 g/mol. The van der Waals surface area contributed by atoms with Crippen LogP contribution in [0.25, 0.3) is 0 Å². The monoisotopic (exact) mass is 346 g/mol. The molecule has 1 aliphatic rings. The number of ether oxygens (including phenoxy) is 1. The minimum absolute atomic E-state index is 0.0482. The van der Waals surface area contributed by atoms with Crippen LogP contribution in [0.1, 0.15) is 23.2 Å². The lowest BCUT2D eigenvalue weighted by molar-refractivity contribution is -0.00659. The first-order valence-corrected chi connectivity index (χ1v) is 7.83. The fourth-order valence-corrected chi connectivity index (χ4v) is 3.22. The van der Waals surface area contributed by atoms with Gasteiger partial charge in [-0.05, 0) is 39.1 Å². The molecule has 0 saturated carbocycles. The number of phenolic OH excluding ortho intramolecular Hbond substituents is 1. The highest BCUT2D eigenvalue weighted by Crippen LogP contribution is 2.30. The van der Waals surface area contributed by atoms with E-state index < -0.39 is 5.91 Å². The van der Waals surface area contributed by atoms with Crippen molar-refractivity contribution in [2.45, 2.75) is 18.4 Å². The average molecular weight is 347 g/mol. The van der Waals surface area contributed by atoms with Gasteiger partial charge in [0.15, 0.2) is 0 Å². The Labute approximate surface area is 140 Å². The van der Waals surface area contributed by atoms with Crippen molar-refractivity contribution < 1.29 is 14.6 Å². The molecule has 0 bridgehead atoms. The topological polar surface area (TPSA) is 61.8 Å². The minimum atomic E-state index is -0.410. The number of benzene rings is 1. The lowest BCUT2D eigenvalue weighted by Gasteiger charge is -2.42. The van der Waals surface area contributed by atoms with Gasteiger partial charge >= 0.3 is 0 Å². The number of likely N-dealkylation sites (N-methyl/N-ethyl adjacent to an activating group) is 1. The summed E-state index contributed by atoms with van der Waals surface area (Å²) in [6, 6.07) is 2.74. The number of amides is 1. The van der Waals surface area contributed by atoms with E-state index in [2.05, 4.69) is 10.2 Å². The third kappa shape index (κ3) is 3.66. The first kappa shape index (κ1) is 17.3. The number of hydrogen-bond acceptors (Lipinski definition) is 4. The molecule has 0 aromatic heterocycles. The summed E-state index contributed by atoms with van der Waals surface area (Å²) in [6.45, 7) is 1.79. The van der Waals surface area contributed by atoms with Crippen molar-refractivity contribution in [2.75, 3.05) is 33.9 Å². The summed E-state index contributed by atoms with van der Waals surface area (Å²) in [5.41, 5.74) is -0.102. The van der Waals surface area contributed by atoms with Crippen LogP contribution in [0, 0.1) is 0 Å². The lowest BCUT2D eigenvalue weighted by atomic mass is 9.88. The van der Waals surface area contributed by atoms with Gasteiger partial charge < -0.3 is 20.1 Å². The molecule has 1 aliphatic heterocycles. The normalized spacial score (nSPS) is 17.5. The van der Waals surface area contributed by atoms with Crippen molar-refractivity contribution >= 4 is 29.1 Å². The summed E-state index contributed by atoms with van der Waals surface area (Å²) in [4.78, 5) is 14.5. The molecule has 0 radical (unpaired) electrons. The number of carbonyl (C=O) groups is 1. The largest absolute Gasteiger partial charge is 0.507 e. The SMILES string of the molecule is CN(C)C1(CNC(=O)c2c(O)cc(Cl)cc2Cl)CCOCC1. The molecule has 1 saturated heterocycles. The Morgan fingerprint density at radius 2 is 2.00 bits per heavy atom. The smallest absolute Gasteiger partial charge is 0.256 e. The van der Waals surface area contributed by atoms with Crippen molar-refractivity contribution in [3.63, 3.8) is 0 Å². The highest BCUT2D eigenvalue weighted by Gasteiger charge is 2.35. The van der Waals surface area contributed by atoms with Gasteiger partial charge in [-0.3, -0.25) is 4.79 Å². The number of halogens is 2. The van der Waals surface area contributed by atoms with Gasteiger partial charge in [0.05, 0.1) is 10.6 Å². The number of hydrogen-bond donors (Lipinski definition) is 2. The molecule has 0 atom stereocenters. The Bertz CT molecular complexity index is 535. The van der Waals surface area contributed by atoms with Gasteiger partial charge in [-0.25, -0.2) is 0 Å². The van der Waals surface area contributed by atoms with Crippen LogP contribution in [-0.4, -0.2) is 55.3 Å². The Morgan fingerprint density at radius 3 is 2.55 bits per heavy atom. The molecule has 1 heterocycles. The molecule has 0 spiro atoms. The summed E-state index contributed by atoms with van der Waals surface area (Å²) < 4.78 is 5.40. The second-order valence-electron chi connectivity index (χ2n) is 5.70. The number of nitrogens with one attached hydrogen (secondary N) is 1. The lowest BCUT2D eigenvalue weighted by Crippen LogP contribution is -2.55. The Morgan fingerprint density at radius 1 is 1.36 bits per heavy atom. The zero-order valence-corrected chi connectivity index (χ0v) is 14.2. The molecule has 122 valence electrons. The molecule has 22 heavy (non-hydrogen) atoms. The van der Waals surface area contributed by atoms with Gasteiger partial charge in [0.25, 0.3) is 5.91 Å². The van der Waals surface area contributed by atoms with E-state index in [1.807, 2.05) is 14.1 Å². The van der Waals surface area contributed by atoms with E-state index in [1.165, 1.54) is 12.1 Å². The van der Waals surface area contributed by atoms with E-state index in [9.17, 15) is 9.90 Å². The van der Waals surface area contributed by atoms with Crippen LogP contribution in [0.3, 0.4) is 0 Å². The molecule has 5 nitrogen and oxygen atoms in total.